The van der Waals surface area contributed by atoms with Crippen molar-refractivity contribution in [3.63, 3.8) is 0 Å². The third kappa shape index (κ3) is 2.79. The number of aliphatic hydroxyl groups excluding tert-OH is 1. The number of hydrogen-bond donors (Lipinski definition) is 1. The van der Waals surface area contributed by atoms with Crippen LogP contribution in [0.4, 0.5) is 0 Å². The molecule has 1 aliphatic rings. The number of carbonyl (C=O) groups is 1. The van der Waals surface area contributed by atoms with Crippen molar-refractivity contribution < 1.29 is 9.90 Å². The zero-order chi connectivity index (χ0) is 10.8. The van der Waals surface area contributed by atoms with Crippen LogP contribution in [0, 0.1) is 5.41 Å². The monoisotopic (exact) mass is 199 g/mol. The average Bonchev–Trinajstić information content (AvgIpc) is 2.50. The maximum absolute atomic E-state index is 11.8. The summed E-state index contributed by atoms with van der Waals surface area (Å²) in [6, 6.07) is 0.210. The van der Waals surface area contributed by atoms with Crippen molar-refractivity contribution in [1.82, 2.24) is 4.90 Å². The van der Waals surface area contributed by atoms with E-state index < -0.39 is 0 Å². The SMILES string of the molecule is CC(C)(C)C(=O)CN1CCCC1CO. The zero-order valence-electron chi connectivity index (χ0n) is 9.42. The second kappa shape index (κ2) is 4.41. The molecule has 1 fully saturated rings. The van der Waals surface area contributed by atoms with Gasteiger partial charge in [0.2, 0.25) is 0 Å². The molecule has 0 spiro atoms. The summed E-state index contributed by atoms with van der Waals surface area (Å²) in [5.41, 5.74) is -0.261. The van der Waals surface area contributed by atoms with Crippen molar-refractivity contribution in [3.8, 4) is 0 Å². The van der Waals surface area contributed by atoms with Gasteiger partial charge in [-0.05, 0) is 19.4 Å². The van der Waals surface area contributed by atoms with E-state index in [1.807, 2.05) is 20.8 Å². The lowest BCUT2D eigenvalue weighted by atomic mass is 9.90. The molecular formula is C11H21NO2. The smallest absolute Gasteiger partial charge is 0.152 e. The minimum Gasteiger partial charge on any atom is -0.395 e. The van der Waals surface area contributed by atoms with Crippen molar-refractivity contribution in [3.05, 3.63) is 0 Å². The van der Waals surface area contributed by atoms with Gasteiger partial charge in [-0.1, -0.05) is 20.8 Å². The first-order valence-corrected chi connectivity index (χ1v) is 5.33. The number of Topliss-reactive ketones (excluding diaryl/α,β-unsaturated/α-hetero) is 1. The van der Waals surface area contributed by atoms with Crippen molar-refractivity contribution >= 4 is 5.78 Å². The molecule has 0 amide bonds. The van der Waals surface area contributed by atoms with Crippen molar-refractivity contribution in [2.24, 2.45) is 5.41 Å². The quantitative estimate of drug-likeness (QED) is 0.739. The van der Waals surface area contributed by atoms with Gasteiger partial charge in [0.1, 0.15) is 0 Å². The third-order valence-electron chi connectivity index (χ3n) is 2.89. The molecule has 1 N–H and O–H groups in total. The normalized spacial score (nSPS) is 24.1. The summed E-state index contributed by atoms with van der Waals surface area (Å²) >= 11 is 0. The van der Waals surface area contributed by atoms with Gasteiger partial charge >= 0.3 is 0 Å². The Bertz CT molecular complexity index is 208. The first-order valence-electron chi connectivity index (χ1n) is 5.33. The number of carbonyl (C=O) groups excluding carboxylic acids is 1. The van der Waals surface area contributed by atoms with E-state index in [1.165, 1.54) is 0 Å². The first-order chi connectivity index (χ1) is 6.45. The summed E-state index contributed by atoms with van der Waals surface area (Å²) in [5, 5.41) is 9.10. The molecule has 1 aliphatic heterocycles. The van der Waals surface area contributed by atoms with Gasteiger partial charge in [0.05, 0.1) is 13.2 Å². The molecule has 0 bridgehead atoms. The minimum atomic E-state index is -0.261. The number of hydrogen-bond acceptors (Lipinski definition) is 3. The van der Waals surface area contributed by atoms with Crippen LogP contribution in [0.2, 0.25) is 0 Å². The molecule has 0 aliphatic carbocycles. The molecule has 0 saturated carbocycles. The van der Waals surface area contributed by atoms with Crippen molar-refractivity contribution in [2.75, 3.05) is 19.7 Å². The Morgan fingerprint density at radius 3 is 2.64 bits per heavy atom. The molecule has 82 valence electrons. The molecule has 0 aromatic rings. The standard InChI is InChI=1S/C11H21NO2/c1-11(2,3)10(14)7-12-6-4-5-9(12)8-13/h9,13H,4-8H2,1-3H3. The predicted octanol–water partition coefficient (Wildman–Crippen LogP) is 1.06. The van der Waals surface area contributed by atoms with Crippen LogP contribution >= 0.6 is 0 Å². The highest BCUT2D eigenvalue weighted by Gasteiger charge is 2.29. The fraction of sp³-hybridized carbons (Fsp3) is 0.909. The molecular weight excluding hydrogens is 178 g/mol. The predicted molar refractivity (Wildman–Crippen MR) is 56.1 cm³/mol. The fourth-order valence-electron chi connectivity index (χ4n) is 1.73. The van der Waals surface area contributed by atoms with Gasteiger partial charge in [-0.15, -0.1) is 0 Å². The summed E-state index contributed by atoms with van der Waals surface area (Å²) < 4.78 is 0. The molecule has 1 saturated heterocycles. The van der Waals surface area contributed by atoms with E-state index in [-0.39, 0.29) is 23.8 Å². The van der Waals surface area contributed by atoms with Crippen LogP contribution in [0.5, 0.6) is 0 Å². The number of likely N-dealkylation sites (tertiary alicyclic amines) is 1. The lowest BCUT2D eigenvalue weighted by Crippen LogP contribution is -2.40. The van der Waals surface area contributed by atoms with Gasteiger partial charge in [-0.25, -0.2) is 0 Å². The highest BCUT2D eigenvalue weighted by Crippen LogP contribution is 2.20. The first kappa shape index (κ1) is 11.7. The number of rotatable bonds is 3. The Morgan fingerprint density at radius 2 is 2.14 bits per heavy atom. The second-order valence-electron chi connectivity index (χ2n) is 5.12. The molecule has 1 heterocycles. The van der Waals surface area contributed by atoms with Crippen LogP contribution < -0.4 is 0 Å². The molecule has 1 atom stereocenters. The van der Waals surface area contributed by atoms with Gasteiger partial charge in [0.25, 0.3) is 0 Å². The van der Waals surface area contributed by atoms with Crippen LogP contribution in [-0.4, -0.2) is 41.5 Å². The van der Waals surface area contributed by atoms with Crippen LogP contribution in [0.3, 0.4) is 0 Å². The van der Waals surface area contributed by atoms with Gasteiger partial charge in [0.15, 0.2) is 5.78 Å². The number of nitrogens with zero attached hydrogens (tertiary/aromatic N) is 1. The molecule has 1 unspecified atom stereocenters. The molecule has 0 radical (unpaired) electrons. The summed E-state index contributed by atoms with van der Waals surface area (Å²) in [6.45, 7) is 7.46. The Morgan fingerprint density at radius 1 is 1.50 bits per heavy atom. The van der Waals surface area contributed by atoms with Crippen molar-refractivity contribution in [1.29, 1.82) is 0 Å². The third-order valence-corrected chi connectivity index (χ3v) is 2.89. The van der Waals surface area contributed by atoms with Crippen LogP contribution in [-0.2, 0) is 4.79 Å². The molecule has 1 rings (SSSR count). The maximum Gasteiger partial charge on any atom is 0.152 e. The van der Waals surface area contributed by atoms with Gasteiger partial charge < -0.3 is 5.11 Å². The Kier molecular flexibility index (Phi) is 3.67. The Hall–Kier alpha value is -0.410. The summed E-state index contributed by atoms with van der Waals surface area (Å²) in [6.07, 6.45) is 2.12. The Labute approximate surface area is 86.1 Å². The molecule has 3 heteroatoms. The summed E-state index contributed by atoms with van der Waals surface area (Å²) in [7, 11) is 0. The van der Waals surface area contributed by atoms with Gasteiger partial charge in [0, 0.05) is 11.5 Å². The van der Waals surface area contributed by atoms with E-state index >= 15 is 0 Å². The van der Waals surface area contributed by atoms with E-state index in [0.717, 1.165) is 19.4 Å². The van der Waals surface area contributed by atoms with E-state index in [0.29, 0.717) is 6.54 Å². The highest BCUT2D eigenvalue weighted by molar-refractivity contribution is 5.85. The molecule has 3 nitrogen and oxygen atoms in total. The maximum atomic E-state index is 11.8. The topological polar surface area (TPSA) is 40.5 Å². The summed E-state index contributed by atoms with van der Waals surface area (Å²) in [4.78, 5) is 13.9. The fourth-order valence-corrected chi connectivity index (χ4v) is 1.73. The second-order valence-corrected chi connectivity index (χ2v) is 5.12. The summed E-state index contributed by atoms with van der Waals surface area (Å²) in [5.74, 6) is 0.262. The van der Waals surface area contributed by atoms with E-state index in [4.69, 9.17) is 5.11 Å². The lowest BCUT2D eigenvalue weighted by Gasteiger charge is -2.25. The number of aliphatic hydroxyl groups is 1. The zero-order valence-corrected chi connectivity index (χ0v) is 9.42. The number of ketones is 1. The Balaban J connectivity index is 2.48. The van der Waals surface area contributed by atoms with Crippen LogP contribution in [0.1, 0.15) is 33.6 Å². The average molecular weight is 199 g/mol. The lowest BCUT2D eigenvalue weighted by molar-refractivity contribution is -0.127. The van der Waals surface area contributed by atoms with Crippen LogP contribution in [0.15, 0.2) is 0 Å². The largest absolute Gasteiger partial charge is 0.395 e. The van der Waals surface area contributed by atoms with E-state index in [2.05, 4.69) is 4.90 Å². The van der Waals surface area contributed by atoms with E-state index in [9.17, 15) is 4.79 Å². The molecule has 0 aromatic heterocycles. The highest BCUT2D eigenvalue weighted by atomic mass is 16.3. The molecule has 0 aromatic carbocycles. The van der Waals surface area contributed by atoms with Gasteiger partial charge in [-0.2, -0.15) is 0 Å². The van der Waals surface area contributed by atoms with E-state index in [1.54, 1.807) is 0 Å². The minimum absolute atomic E-state index is 0.178. The van der Waals surface area contributed by atoms with Gasteiger partial charge in [-0.3, -0.25) is 9.69 Å². The van der Waals surface area contributed by atoms with Crippen LogP contribution in [0.25, 0.3) is 0 Å². The molecule has 14 heavy (non-hydrogen) atoms. The van der Waals surface area contributed by atoms with Crippen molar-refractivity contribution in [2.45, 2.75) is 39.7 Å².